The van der Waals surface area contributed by atoms with E-state index in [4.69, 9.17) is 0 Å². The largest absolute Gasteiger partial charge is 0.354 e. The third-order valence-corrected chi connectivity index (χ3v) is 3.47. The Morgan fingerprint density at radius 1 is 1.10 bits per heavy atom. The van der Waals surface area contributed by atoms with Crippen molar-refractivity contribution < 1.29 is 9.59 Å². The lowest BCUT2D eigenvalue weighted by molar-refractivity contribution is -0.127. The summed E-state index contributed by atoms with van der Waals surface area (Å²) < 4.78 is 0. The van der Waals surface area contributed by atoms with Crippen LogP contribution in [-0.2, 0) is 4.79 Å². The summed E-state index contributed by atoms with van der Waals surface area (Å²) in [6.45, 7) is 3.93. The maximum Gasteiger partial charge on any atom is 0.315 e. The van der Waals surface area contributed by atoms with Crippen LogP contribution in [0.5, 0.6) is 0 Å². The third kappa shape index (κ3) is 5.54. The Morgan fingerprint density at radius 3 is 2.30 bits per heavy atom. The molecule has 20 heavy (non-hydrogen) atoms. The van der Waals surface area contributed by atoms with Crippen LogP contribution in [0.4, 0.5) is 4.79 Å². The Hall–Kier alpha value is -1.01. The maximum atomic E-state index is 12.3. The second-order valence-electron chi connectivity index (χ2n) is 4.99. The molecule has 0 aromatic carbocycles. The number of amides is 3. The molecule has 0 heterocycles. The Balaban J connectivity index is 0.00000361. The van der Waals surface area contributed by atoms with E-state index in [9.17, 15) is 9.59 Å². The summed E-state index contributed by atoms with van der Waals surface area (Å²) in [4.78, 5) is 24.0. The zero-order valence-electron chi connectivity index (χ0n) is 12.4. The van der Waals surface area contributed by atoms with Crippen LogP contribution in [-0.4, -0.2) is 44.2 Å². The number of carbonyl (C=O) groups excluding carboxylic acids is 2. The van der Waals surface area contributed by atoms with Gasteiger partial charge in [0.25, 0.3) is 0 Å². The molecule has 0 aliphatic heterocycles. The van der Waals surface area contributed by atoms with Gasteiger partial charge in [-0.25, -0.2) is 4.79 Å². The van der Waals surface area contributed by atoms with E-state index in [0.717, 1.165) is 38.6 Å². The molecule has 1 rings (SSSR count). The zero-order chi connectivity index (χ0) is 14.1. The van der Waals surface area contributed by atoms with E-state index >= 15 is 0 Å². The van der Waals surface area contributed by atoms with Crippen molar-refractivity contribution in [3.05, 3.63) is 0 Å². The van der Waals surface area contributed by atoms with E-state index in [1.54, 1.807) is 0 Å². The molecule has 0 atom stereocenters. The smallest absolute Gasteiger partial charge is 0.315 e. The zero-order valence-corrected chi connectivity index (χ0v) is 13.2. The summed E-state index contributed by atoms with van der Waals surface area (Å²) in [5.41, 5.74) is -0.709. The summed E-state index contributed by atoms with van der Waals surface area (Å²) in [6, 6.07) is -0.255. The summed E-state index contributed by atoms with van der Waals surface area (Å²) in [7, 11) is 1.89. The van der Waals surface area contributed by atoms with Gasteiger partial charge < -0.3 is 21.3 Å². The molecule has 0 spiro atoms. The SMILES string of the molecule is CCNC(=O)NC1(C(=O)NCCCNC)CCCC1.Cl. The van der Waals surface area contributed by atoms with Gasteiger partial charge in [0.15, 0.2) is 0 Å². The van der Waals surface area contributed by atoms with Gasteiger partial charge in [-0.3, -0.25) is 4.79 Å². The number of nitrogens with one attached hydrogen (secondary N) is 4. The van der Waals surface area contributed by atoms with Crippen LogP contribution in [0.3, 0.4) is 0 Å². The van der Waals surface area contributed by atoms with Crippen molar-refractivity contribution >= 4 is 24.3 Å². The number of hydrogen-bond acceptors (Lipinski definition) is 3. The molecule has 0 saturated heterocycles. The van der Waals surface area contributed by atoms with Gasteiger partial charge in [0.1, 0.15) is 5.54 Å². The van der Waals surface area contributed by atoms with Crippen LogP contribution >= 0.6 is 12.4 Å². The average molecular weight is 307 g/mol. The van der Waals surface area contributed by atoms with Crippen LogP contribution in [0.2, 0.25) is 0 Å². The Labute approximate surface area is 127 Å². The predicted molar refractivity (Wildman–Crippen MR) is 82.2 cm³/mol. The first-order valence-electron chi connectivity index (χ1n) is 7.13. The molecule has 1 fully saturated rings. The lowest BCUT2D eigenvalue weighted by Gasteiger charge is -2.29. The minimum absolute atomic E-state index is 0. The maximum absolute atomic E-state index is 12.3. The van der Waals surface area contributed by atoms with Gasteiger partial charge in [0.2, 0.25) is 5.91 Å². The average Bonchev–Trinajstić information content (AvgIpc) is 2.84. The number of hydrogen-bond donors (Lipinski definition) is 4. The number of rotatable bonds is 7. The van der Waals surface area contributed by atoms with E-state index in [1.165, 1.54) is 0 Å². The minimum atomic E-state index is -0.709. The van der Waals surface area contributed by atoms with Crippen LogP contribution < -0.4 is 21.3 Å². The third-order valence-electron chi connectivity index (χ3n) is 3.47. The van der Waals surface area contributed by atoms with Crippen molar-refractivity contribution in [2.24, 2.45) is 0 Å². The fraction of sp³-hybridized carbons (Fsp3) is 0.846. The van der Waals surface area contributed by atoms with Gasteiger partial charge in [-0.15, -0.1) is 12.4 Å². The lowest BCUT2D eigenvalue weighted by atomic mass is 9.96. The molecule has 0 bridgehead atoms. The highest BCUT2D eigenvalue weighted by Crippen LogP contribution is 2.29. The molecule has 0 radical (unpaired) electrons. The molecule has 4 N–H and O–H groups in total. The Kier molecular flexibility index (Phi) is 9.33. The first-order chi connectivity index (χ1) is 9.14. The highest BCUT2D eigenvalue weighted by molar-refractivity contribution is 5.91. The monoisotopic (exact) mass is 306 g/mol. The molecule has 1 aliphatic carbocycles. The van der Waals surface area contributed by atoms with Gasteiger partial charge in [0, 0.05) is 13.1 Å². The first-order valence-corrected chi connectivity index (χ1v) is 7.13. The molecule has 118 valence electrons. The predicted octanol–water partition coefficient (Wildman–Crippen LogP) is 0.766. The van der Waals surface area contributed by atoms with Gasteiger partial charge in [-0.05, 0) is 39.8 Å². The second kappa shape index (κ2) is 9.83. The van der Waals surface area contributed by atoms with Crippen molar-refractivity contribution in [2.45, 2.75) is 44.6 Å². The van der Waals surface area contributed by atoms with E-state index in [-0.39, 0.29) is 24.3 Å². The second-order valence-corrected chi connectivity index (χ2v) is 4.99. The Bertz CT molecular complexity index is 307. The fourth-order valence-electron chi connectivity index (χ4n) is 2.45. The lowest BCUT2D eigenvalue weighted by Crippen LogP contribution is -2.59. The molecule has 6 nitrogen and oxygen atoms in total. The van der Waals surface area contributed by atoms with Crippen LogP contribution in [0, 0.1) is 0 Å². The Morgan fingerprint density at radius 2 is 1.75 bits per heavy atom. The van der Waals surface area contributed by atoms with Crippen molar-refractivity contribution in [2.75, 3.05) is 26.7 Å². The van der Waals surface area contributed by atoms with Gasteiger partial charge in [-0.1, -0.05) is 12.8 Å². The highest BCUT2D eigenvalue weighted by Gasteiger charge is 2.42. The van der Waals surface area contributed by atoms with E-state index in [2.05, 4.69) is 21.3 Å². The standard InChI is InChI=1S/C13H26N4O2.ClH/c1-3-15-12(19)17-13(7-4-5-8-13)11(18)16-10-6-9-14-2;/h14H,3-10H2,1-2H3,(H,16,18)(H2,15,17,19);1H. The molecule has 3 amide bonds. The van der Waals surface area contributed by atoms with Crippen LogP contribution in [0.15, 0.2) is 0 Å². The molecule has 1 aliphatic rings. The van der Waals surface area contributed by atoms with Crippen molar-refractivity contribution in [3.63, 3.8) is 0 Å². The fourth-order valence-corrected chi connectivity index (χ4v) is 2.45. The topological polar surface area (TPSA) is 82.3 Å². The van der Waals surface area contributed by atoms with E-state index < -0.39 is 5.54 Å². The van der Waals surface area contributed by atoms with Crippen molar-refractivity contribution in [3.8, 4) is 0 Å². The van der Waals surface area contributed by atoms with Gasteiger partial charge in [-0.2, -0.15) is 0 Å². The minimum Gasteiger partial charge on any atom is -0.354 e. The first kappa shape index (κ1) is 19.0. The number of urea groups is 1. The molecule has 0 aromatic rings. The van der Waals surface area contributed by atoms with Crippen LogP contribution in [0.1, 0.15) is 39.0 Å². The van der Waals surface area contributed by atoms with Crippen molar-refractivity contribution in [1.29, 1.82) is 0 Å². The summed E-state index contributed by atoms with van der Waals surface area (Å²) >= 11 is 0. The van der Waals surface area contributed by atoms with Gasteiger partial charge in [0.05, 0.1) is 0 Å². The summed E-state index contributed by atoms with van der Waals surface area (Å²) in [6.07, 6.45) is 4.30. The summed E-state index contributed by atoms with van der Waals surface area (Å²) in [5, 5.41) is 11.5. The molecule has 1 saturated carbocycles. The molecular weight excluding hydrogens is 280 g/mol. The quantitative estimate of drug-likeness (QED) is 0.524. The normalized spacial score (nSPS) is 16.1. The molecule has 0 unspecified atom stereocenters. The van der Waals surface area contributed by atoms with Gasteiger partial charge >= 0.3 is 6.03 Å². The molecule has 0 aromatic heterocycles. The van der Waals surface area contributed by atoms with Crippen molar-refractivity contribution in [1.82, 2.24) is 21.3 Å². The van der Waals surface area contributed by atoms with Crippen LogP contribution in [0.25, 0.3) is 0 Å². The summed E-state index contributed by atoms with van der Waals surface area (Å²) in [5.74, 6) is -0.0487. The molecule has 7 heteroatoms. The number of halogens is 1. The highest BCUT2D eigenvalue weighted by atomic mass is 35.5. The van der Waals surface area contributed by atoms with E-state index in [0.29, 0.717) is 13.1 Å². The number of carbonyl (C=O) groups is 2. The van der Waals surface area contributed by atoms with E-state index in [1.807, 2.05) is 14.0 Å². The molecular formula is C13H27ClN4O2.